The van der Waals surface area contributed by atoms with Crippen molar-refractivity contribution in [3.63, 3.8) is 0 Å². The Morgan fingerprint density at radius 3 is 2.42 bits per heavy atom. The first-order chi connectivity index (χ1) is 16.0. The lowest BCUT2D eigenvalue weighted by atomic mass is 10.0. The van der Waals surface area contributed by atoms with Crippen LogP contribution in [0.15, 0.2) is 66.7 Å². The number of methoxy groups -OCH3 is 1. The molecule has 33 heavy (non-hydrogen) atoms. The van der Waals surface area contributed by atoms with E-state index < -0.39 is 23.2 Å². The lowest BCUT2D eigenvalue weighted by molar-refractivity contribution is 0.0400. The highest BCUT2D eigenvalue weighted by Gasteiger charge is 2.24. The Kier molecular flexibility index (Phi) is 8.06. The van der Waals surface area contributed by atoms with E-state index in [2.05, 4.69) is 0 Å². The molecule has 0 heterocycles. The lowest BCUT2D eigenvalue weighted by Gasteiger charge is -2.17. The van der Waals surface area contributed by atoms with Gasteiger partial charge in [-0.3, -0.25) is 0 Å². The van der Waals surface area contributed by atoms with Crippen molar-refractivity contribution in [2.75, 3.05) is 13.4 Å². The molecule has 0 aliphatic heterocycles. The molecule has 0 unspecified atom stereocenters. The van der Waals surface area contributed by atoms with E-state index in [1.807, 2.05) is 43.3 Å². The number of benzene rings is 3. The molecular formula is C25H23NO6S. The number of rotatable bonds is 9. The van der Waals surface area contributed by atoms with Crippen LogP contribution in [0, 0.1) is 11.3 Å². The largest absolute Gasteiger partial charge is 0.495 e. The van der Waals surface area contributed by atoms with E-state index in [9.17, 15) is 14.3 Å². The Labute approximate surface area is 195 Å². The van der Waals surface area contributed by atoms with Crippen molar-refractivity contribution in [1.82, 2.24) is 0 Å². The highest BCUT2D eigenvalue weighted by molar-refractivity contribution is 7.79. The maximum Gasteiger partial charge on any atom is 0.343 e. The van der Waals surface area contributed by atoms with E-state index in [1.165, 1.54) is 25.5 Å². The summed E-state index contributed by atoms with van der Waals surface area (Å²) in [4.78, 5) is 13.0. The highest BCUT2D eigenvalue weighted by Crippen LogP contribution is 2.35. The van der Waals surface area contributed by atoms with Crippen LogP contribution in [0.25, 0.3) is 0 Å². The van der Waals surface area contributed by atoms with Crippen molar-refractivity contribution < 1.29 is 27.4 Å². The van der Waals surface area contributed by atoms with Gasteiger partial charge in [0.2, 0.25) is 17.2 Å². The van der Waals surface area contributed by atoms with Crippen LogP contribution in [0.4, 0.5) is 0 Å². The maximum atomic E-state index is 13.0. The van der Waals surface area contributed by atoms with Gasteiger partial charge in [0.1, 0.15) is 34.6 Å². The van der Waals surface area contributed by atoms with E-state index in [0.717, 1.165) is 0 Å². The van der Waals surface area contributed by atoms with Gasteiger partial charge in [0.15, 0.2) is 0 Å². The van der Waals surface area contributed by atoms with Gasteiger partial charge < -0.3 is 18.4 Å². The zero-order chi connectivity index (χ0) is 23.8. The molecular weight excluding hydrogens is 442 g/mol. The summed E-state index contributed by atoms with van der Waals surface area (Å²) in [5.41, 5.74) is 1.18. The fourth-order valence-electron chi connectivity index (χ4n) is 3.25. The first-order valence-electron chi connectivity index (χ1n) is 10.1. The highest BCUT2D eigenvalue weighted by atomic mass is 32.2. The van der Waals surface area contributed by atoms with Crippen molar-refractivity contribution in [2.45, 2.75) is 19.4 Å². The number of esters is 1. The normalized spacial score (nSPS) is 12.2. The molecule has 3 rings (SSSR count). The Morgan fingerprint density at radius 2 is 1.79 bits per heavy atom. The van der Waals surface area contributed by atoms with Crippen LogP contribution >= 0.6 is 0 Å². The van der Waals surface area contributed by atoms with Crippen LogP contribution in [0.1, 0.15) is 34.5 Å². The number of hydrogen-bond donors (Lipinski definition) is 0. The number of carbonyl (C=O) groups excluding carboxylic acids is 1. The third-order valence-electron chi connectivity index (χ3n) is 4.68. The van der Waals surface area contributed by atoms with Crippen LogP contribution in [0.2, 0.25) is 0 Å². The molecule has 0 saturated heterocycles. The van der Waals surface area contributed by atoms with Gasteiger partial charge in [0.25, 0.3) is 0 Å². The summed E-state index contributed by atoms with van der Waals surface area (Å²) in [5.74, 6) is 1.03. The first-order valence-corrected chi connectivity index (χ1v) is 11.6. The average Bonchev–Trinajstić information content (AvgIpc) is 2.82. The summed E-state index contributed by atoms with van der Waals surface area (Å²) in [6, 6.07) is 21.0. The zero-order valence-corrected chi connectivity index (χ0v) is 19.3. The Bertz CT molecular complexity index is 1190. The van der Waals surface area contributed by atoms with E-state index in [1.54, 1.807) is 24.3 Å². The monoisotopic (exact) mass is 465 g/mol. The number of hydrogen-bond acceptors (Lipinski definition) is 7. The third kappa shape index (κ3) is 5.90. The second-order valence-corrected chi connectivity index (χ2v) is 7.83. The van der Waals surface area contributed by atoms with E-state index in [4.69, 9.17) is 18.4 Å². The van der Waals surface area contributed by atoms with Gasteiger partial charge in [-0.1, -0.05) is 37.3 Å². The molecule has 0 spiro atoms. The van der Waals surface area contributed by atoms with Crippen molar-refractivity contribution in [1.29, 1.82) is 5.26 Å². The number of ether oxygens (including phenoxy) is 3. The molecule has 2 atom stereocenters. The van der Waals surface area contributed by atoms with Crippen molar-refractivity contribution >= 4 is 17.0 Å². The van der Waals surface area contributed by atoms with E-state index in [-0.39, 0.29) is 11.3 Å². The number of nitrogens with zero attached hydrogens (tertiary/aromatic N) is 1. The Balaban J connectivity index is 1.85. The van der Waals surface area contributed by atoms with Crippen LogP contribution in [-0.2, 0) is 22.2 Å². The van der Waals surface area contributed by atoms with Crippen molar-refractivity contribution in [2.24, 2.45) is 0 Å². The summed E-state index contributed by atoms with van der Waals surface area (Å²) in [6.07, 6.45) is 0.712. The quantitative estimate of drug-likeness (QED) is 0.404. The molecule has 0 radical (unpaired) electrons. The number of nitriles is 1. The number of carbonyl (C=O) groups is 1. The third-order valence-corrected chi connectivity index (χ3v) is 5.10. The zero-order valence-electron chi connectivity index (χ0n) is 18.4. The molecule has 0 N–H and O–H groups in total. The van der Waals surface area contributed by atoms with Crippen molar-refractivity contribution in [3.8, 4) is 29.1 Å². The molecule has 0 bridgehead atoms. The van der Waals surface area contributed by atoms with Gasteiger partial charge in [0, 0.05) is 17.4 Å². The summed E-state index contributed by atoms with van der Waals surface area (Å²) >= 11 is -1.54. The van der Waals surface area contributed by atoms with Gasteiger partial charge in [0.05, 0.1) is 7.11 Å². The second-order valence-electron chi connectivity index (χ2n) is 6.86. The molecule has 0 fully saturated rings. The van der Waals surface area contributed by atoms with Crippen molar-refractivity contribution in [3.05, 3.63) is 83.4 Å². The summed E-state index contributed by atoms with van der Waals surface area (Å²) in [6.45, 7) is 1.86. The molecule has 0 saturated carbocycles. The molecule has 0 aliphatic rings. The molecule has 7 nitrogen and oxygen atoms in total. The molecule has 0 aromatic heterocycles. The first kappa shape index (κ1) is 23.8. The topological polar surface area (TPSA) is 94.9 Å². The Morgan fingerprint density at radius 1 is 1.06 bits per heavy atom. The fraction of sp³-hybridized carbons (Fsp3) is 0.200. The minimum atomic E-state index is -1.54. The summed E-state index contributed by atoms with van der Waals surface area (Å²) < 4.78 is 33.6. The van der Waals surface area contributed by atoms with Crippen LogP contribution in [0.5, 0.6) is 23.0 Å². The Hall–Kier alpha value is -3.83. The van der Waals surface area contributed by atoms with Gasteiger partial charge in [-0.05, 0) is 42.8 Å². The average molecular weight is 466 g/mol. The molecule has 170 valence electrons. The van der Waals surface area contributed by atoms with Crippen LogP contribution < -0.4 is 13.7 Å². The molecule has 3 aromatic carbocycles. The van der Waals surface area contributed by atoms with Gasteiger partial charge in [-0.15, -0.1) is 0 Å². The molecule has 8 heteroatoms. The SMILES string of the molecule is CCc1c(O[S@](C)=O)ccc(C(=O)O[C@H](C#N)c2cccc(Oc3ccccc3)c2)c1OC. The van der Waals surface area contributed by atoms with E-state index in [0.29, 0.717) is 34.8 Å². The number of para-hydroxylation sites is 1. The molecule has 3 aromatic rings. The smallest absolute Gasteiger partial charge is 0.343 e. The summed E-state index contributed by atoms with van der Waals surface area (Å²) in [5, 5.41) is 9.67. The minimum absolute atomic E-state index is 0.139. The molecule has 0 aliphatic carbocycles. The minimum Gasteiger partial charge on any atom is -0.495 e. The van der Waals surface area contributed by atoms with Gasteiger partial charge in [-0.2, -0.15) is 5.26 Å². The van der Waals surface area contributed by atoms with Gasteiger partial charge >= 0.3 is 5.97 Å². The standard InChI is InChI=1S/C25H23NO6S/c1-4-20-22(32-33(3)28)14-13-21(24(20)29-2)25(27)31-23(16-26)17-9-8-12-19(15-17)30-18-10-6-5-7-11-18/h5-15,23H,4H2,1-3H3/t23-,33-/m1/s1. The fourth-order valence-corrected chi connectivity index (χ4v) is 3.66. The maximum absolute atomic E-state index is 13.0. The van der Waals surface area contributed by atoms with Crippen LogP contribution in [0.3, 0.4) is 0 Å². The predicted molar refractivity (Wildman–Crippen MR) is 124 cm³/mol. The predicted octanol–water partition coefficient (Wildman–Crippen LogP) is 5.14. The van der Waals surface area contributed by atoms with Crippen LogP contribution in [-0.4, -0.2) is 23.5 Å². The molecule has 0 amide bonds. The van der Waals surface area contributed by atoms with E-state index >= 15 is 0 Å². The second kappa shape index (κ2) is 11.2. The van der Waals surface area contributed by atoms with Gasteiger partial charge in [-0.25, -0.2) is 9.00 Å². The lowest BCUT2D eigenvalue weighted by Crippen LogP contribution is -2.13. The summed E-state index contributed by atoms with van der Waals surface area (Å²) in [7, 11) is 1.42.